The summed E-state index contributed by atoms with van der Waals surface area (Å²) in [4.78, 5) is 11.1. The van der Waals surface area contributed by atoms with Crippen molar-refractivity contribution in [2.45, 2.75) is 19.0 Å². The van der Waals surface area contributed by atoms with Gasteiger partial charge in [-0.15, -0.1) is 0 Å². The molecule has 0 spiro atoms. The van der Waals surface area contributed by atoms with E-state index in [2.05, 4.69) is 0 Å². The highest BCUT2D eigenvalue weighted by Crippen LogP contribution is 2.38. The number of hydrogen-bond acceptors (Lipinski definition) is 1. The molecular formula is C11H9Cl2F3O. The van der Waals surface area contributed by atoms with E-state index in [-0.39, 0.29) is 5.56 Å². The molecule has 2 atom stereocenters. The molecule has 0 N–H and O–H groups in total. The standard InChI is InChI=1S/C11H9Cl2F3O/c1-6(11(14,15)16)9(10(13)17)7-2-4-8(12)5-3-7/h2-6,9H,1H3. The molecule has 0 aliphatic heterocycles. The molecule has 0 bridgehead atoms. The largest absolute Gasteiger partial charge is 0.392 e. The minimum atomic E-state index is -4.48. The molecule has 1 aromatic carbocycles. The molecule has 0 aliphatic rings. The molecule has 0 aliphatic carbocycles. The maximum Gasteiger partial charge on any atom is 0.392 e. The molecule has 0 fully saturated rings. The Hall–Kier alpha value is -0.740. The number of halogens is 5. The van der Waals surface area contributed by atoms with Gasteiger partial charge in [0, 0.05) is 5.02 Å². The fourth-order valence-electron chi connectivity index (χ4n) is 1.48. The predicted molar refractivity (Wildman–Crippen MR) is 60.3 cm³/mol. The average Bonchev–Trinajstić information content (AvgIpc) is 2.19. The summed E-state index contributed by atoms with van der Waals surface area (Å²) >= 11 is 10.9. The first kappa shape index (κ1) is 14.3. The normalized spacial score (nSPS) is 15.4. The van der Waals surface area contributed by atoms with E-state index in [0.29, 0.717) is 5.02 Å². The van der Waals surface area contributed by atoms with Crippen molar-refractivity contribution >= 4 is 28.4 Å². The Bertz CT molecular complexity index is 400. The van der Waals surface area contributed by atoms with Gasteiger partial charge in [0.25, 0.3) is 0 Å². The molecular weight excluding hydrogens is 276 g/mol. The first-order valence-electron chi connectivity index (χ1n) is 4.75. The highest BCUT2D eigenvalue weighted by atomic mass is 35.5. The molecule has 0 saturated heterocycles. The molecule has 0 heterocycles. The fraction of sp³-hybridized carbons (Fsp3) is 0.364. The van der Waals surface area contributed by atoms with Crippen molar-refractivity contribution in [2.75, 3.05) is 0 Å². The molecule has 0 radical (unpaired) electrons. The summed E-state index contributed by atoms with van der Waals surface area (Å²) in [5.74, 6) is -3.25. The van der Waals surface area contributed by atoms with E-state index < -0.39 is 23.3 Å². The van der Waals surface area contributed by atoms with Crippen molar-refractivity contribution in [1.29, 1.82) is 0 Å². The smallest absolute Gasteiger partial charge is 0.281 e. The summed E-state index contributed by atoms with van der Waals surface area (Å²) in [6, 6.07) is 5.59. The third-order valence-electron chi connectivity index (χ3n) is 2.49. The predicted octanol–water partition coefficient (Wildman–Crippen LogP) is 4.39. The summed E-state index contributed by atoms with van der Waals surface area (Å²) in [6.45, 7) is 0.930. The fourth-order valence-corrected chi connectivity index (χ4v) is 1.92. The number of carbonyl (C=O) groups is 1. The Morgan fingerprint density at radius 1 is 1.24 bits per heavy atom. The first-order valence-corrected chi connectivity index (χ1v) is 5.50. The Labute approximate surface area is 107 Å². The van der Waals surface area contributed by atoms with E-state index in [4.69, 9.17) is 23.2 Å². The van der Waals surface area contributed by atoms with Crippen molar-refractivity contribution in [2.24, 2.45) is 5.92 Å². The van der Waals surface area contributed by atoms with E-state index in [0.717, 1.165) is 6.92 Å². The molecule has 17 heavy (non-hydrogen) atoms. The maximum absolute atomic E-state index is 12.6. The van der Waals surface area contributed by atoms with Crippen LogP contribution in [0, 0.1) is 5.92 Å². The van der Waals surface area contributed by atoms with Gasteiger partial charge < -0.3 is 0 Å². The SMILES string of the molecule is CC(C(C(=O)Cl)c1ccc(Cl)cc1)C(F)(F)F. The quantitative estimate of drug-likeness (QED) is 0.753. The van der Waals surface area contributed by atoms with Gasteiger partial charge in [0.1, 0.15) is 0 Å². The lowest BCUT2D eigenvalue weighted by Crippen LogP contribution is -2.29. The summed E-state index contributed by atoms with van der Waals surface area (Å²) in [7, 11) is 0. The second-order valence-electron chi connectivity index (χ2n) is 3.66. The maximum atomic E-state index is 12.6. The van der Waals surface area contributed by atoms with E-state index in [1.165, 1.54) is 24.3 Å². The van der Waals surface area contributed by atoms with E-state index in [9.17, 15) is 18.0 Å². The van der Waals surface area contributed by atoms with Crippen LogP contribution < -0.4 is 0 Å². The van der Waals surface area contributed by atoms with Gasteiger partial charge in [-0.1, -0.05) is 30.7 Å². The Kier molecular flexibility index (Phi) is 4.44. The summed E-state index contributed by atoms with van der Waals surface area (Å²) in [5, 5.41) is -0.647. The Morgan fingerprint density at radius 3 is 2.06 bits per heavy atom. The van der Waals surface area contributed by atoms with E-state index >= 15 is 0 Å². The van der Waals surface area contributed by atoms with Crippen LogP contribution in [0.15, 0.2) is 24.3 Å². The molecule has 1 nitrogen and oxygen atoms in total. The zero-order valence-corrected chi connectivity index (χ0v) is 10.3. The topological polar surface area (TPSA) is 17.1 Å². The zero-order chi connectivity index (χ0) is 13.2. The molecule has 0 aromatic heterocycles. The van der Waals surface area contributed by atoms with Crippen LogP contribution in [-0.2, 0) is 4.79 Å². The number of rotatable bonds is 3. The summed E-state index contributed by atoms with van der Waals surface area (Å²) < 4.78 is 37.8. The van der Waals surface area contributed by atoms with Gasteiger partial charge in [0.05, 0.1) is 11.8 Å². The van der Waals surface area contributed by atoms with Gasteiger partial charge in [-0.05, 0) is 29.3 Å². The average molecular weight is 285 g/mol. The highest BCUT2D eigenvalue weighted by Gasteiger charge is 2.44. The molecule has 1 aromatic rings. The van der Waals surface area contributed by atoms with Gasteiger partial charge in [-0.2, -0.15) is 13.2 Å². The molecule has 94 valence electrons. The van der Waals surface area contributed by atoms with Gasteiger partial charge in [-0.25, -0.2) is 0 Å². The molecule has 0 saturated carbocycles. The lowest BCUT2D eigenvalue weighted by atomic mass is 9.88. The second-order valence-corrected chi connectivity index (χ2v) is 4.47. The number of carbonyl (C=O) groups excluding carboxylic acids is 1. The van der Waals surface area contributed by atoms with E-state index in [1.807, 2.05) is 0 Å². The van der Waals surface area contributed by atoms with Crippen LogP contribution in [0.2, 0.25) is 5.02 Å². The van der Waals surface area contributed by atoms with Crippen LogP contribution in [0.3, 0.4) is 0 Å². The number of hydrogen-bond donors (Lipinski definition) is 0. The monoisotopic (exact) mass is 284 g/mol. The van der Waals surface area contributed by atoms with Crippen LogP contribution >= 0.6 is 23.2 Å². The summed E-state index contributed by atoms with van der Waals surface area (Å²) in [6.07, 6.45) is -4.48. The van der Waals surface area contributed by atoms with E-state index in [1.54, 1.807) is 0 Å². The minimum Gasteiger partial charge on any atom is -0.281 e. The van der Waals surface area contributed by atoms with Crippen LogP contribution in [0.1, 0.15) is 18.4 Å². The lowest BCUT2D eigenvalue weighted by molar-refractivity contribution is -0.177. The van der Waals surface area contributed by atoms with Crippen molar-refractivity contribution in [1.82, 2.24) is 0 Å². The van der Waals surface area contributed by atoms with Crippen molar-refractivity contribution in [3.63, 3.8) is 0 Å². The van der Waals surface area contributed by atoms with Crippen LogP contribution in [-0.4, -0.2) is 11.4 Å². The van der Waals surface area contributed by atoms with Crippen molar-refractivity contribution in [3.05, 3.63) is 34.9 Å². The summed E-state index contributed by atoms with van der Waals surface area (Å²) in [5.41, 5.74) is 0.208. The third kappa shape index (κ3) is 3.61. The second kappa shape index (κ2) is 5.27. The highest BCUT2D eigenvalue weighted by molar-refractivity contribution is 6.64. The Balaban J connectivity index is 3.10. The molecule has 6 heteroatoms. The minimum absolute atomic E-state index is 0.208. The number of alkyl halides is 3. The van der Waals surface area contributed by atoms with Crippen LogP contribution in [0.25, 0.3) is 0 Å². The number of benzene rings is 1. The molecule has 0 amide bonds. The van der Waals surface area contributed by atoms with Gasteiger partial charge in [0.15, 0.2) is 0 Å². The Morgan fingerprint density at radius 2 is 1.71 bits per heavy atom. The lowest BCUT2D eigenvalue weighted by Gasteiger charge is -2.23. The van der Waals surface area contributed by atoms with Crippen LogP contribution in [0.4, 0.5) is 13.2 Å². The molecule has 2 unspecified atom stereocenters. The first-order chi connectivity index (χ1) is 7.73. The van der Waals surface area contributed by atoms with Crippen molar-refractivity contribution in [3.8, 4) is 0 Å². The van der Waals surface area contributed by atoms with Crippen molar-refractivity contribution < 1.29 is 18.0 Å². The van der Waals surface area contributed by atoms with Gasteiger partial charge in [-0.3, -0.25) is 4.79 Å². The van der Waals surface area contributed by atoms with Gasteiger partial charge in [0.2, 0.25) is 5.24 Å². The molecule has 1 rings (SSSR count). The van der Waals surface area contributed by atoms with Gasteiger partial charge >= 0.3 is 6.18 Å². The van der Waals surface area contributed by atoms with Crippen LogP contribution in [0.5, 0.6) is 0 Å². The zero-order valence-electron chi connectivity index (χ0n) is 8.76. The third-order valence-corrected chi connectivity index (χ3v) is 2.98.